The molecule has 0 atom stereocenters. The van der Waals surface area contributed by atoms with Gasteiger partial charge in [0.1, 0.15) is 16.7 Å². The van der Waals surface area contributed by atoms with Gasteiger partial charge in [-0.3, -0.25) is 19.2 Å². The smallest absolute Gasteiger partial charge is 0.266 e. The fourth-order valence-corrected chi connectivity index (χ4v) is 5.28. The molecule has 1 saturated heterocycles. The van der Waals surface area contributed by atoms with E-state index in [4.69, 9.17) is 12.2 Å². The maximum Gasteiger partial charge on any atom is 0.266 e. The summed E-state index contributed by atoms with van der Waals surface area (Å²) in [5.74, 6) is -0.597. The van der Waals surface area contributed by atoms with Crippen LogP contribution in [0.1, 0.15) is 5.56 Å². The van der Waals surface area contributed by atoms with Crippen LogP contribution in [0.25, 0.3) is 6.08 Å². The van der Waals surface area contributed by atoms with Crippen LogP contribution >= 0.6 is 24.0 Å². The van der Waals surface area contributed by atoms with Crippen molar-refractivity contribution in [1.29, 1.82) is 0 Å². The van der Waals surface area contributed by atoms with E-state index >= 15 is 0 Å². The van der Waals surface area contributed by atoms with Gasteiger partial charge in [-0.15, -0.1) is 0 Å². The Balaban J connectivity index is 1.38. The highest BCUT2D eigenvalue weighted by molar-refractivity contribution is 8.26. The summed E-state index contributed by atoms with van der Waals surface area (Å²) >= 11 is 6.41. The van der Waals surface area contributed by atoms with Crippen LogP contribution < -0.4 is 10.0 Å². The molecule has 1 fully saturated rings. The van der Waals surface area contributed by atoms with E-state index < -0.39 is 15.9 Å². The monoisotopic (exact) mass is 510 g/mol. The van der Waals surface area contributed by atoms with Crippen LogP contribution in [0.5, 0.6) is 0 Å². The van der Waals surface area contributed by atoms with Crippen LogP contribution in [0, 0.1) is 0 Å². The Kier molecular flexibility index (Phi) is 7.06. The Morgan fingerprint density at radius 2 is 1.74 bits per heavy atom. The predicted molar refractivity (Wildman–Crippen MR) is 136 cm³/mol. The Bertz CT molecular complexity index is 1360. The summed E-state index contributed by atoms with van der Waals surface area (Å²) in [6.07, 6.45) is 3.21. The molecule has 11 heteroatoms. The number of hydrogen-bond acceptors (Lipinski definition) is 7. The van der Waals surface area contributed by atoms with E-state index in [9.17, 15) is 18.0 Å². The Hall–Kier alpha value is -3.54. The van der Waals surface area contributed by atoms with Crippen molar-refractivity contribution in [2.75, 3.05) is 16.6 Å². The standard InChI is InChI=1S/C23H18N4O4S3/c28-21(15-27-22(29)19(33-23(27)32)14-16-6-2-1-3-7-16)25-17-9-11-18(12-10-17)34(30,31)26-20-8-4-5-13-24-20/h1-14H,15H2,(H,24,26)(H,25,28). The molecule has 8 nitrogen and oxygen atoms in total. The number of rotatable bonds is 7. The Labute approximate surface area is 206 Å². The zero-order chi connectivity index (χ0) is 24.1. The molecule has 1 aliphatic heterocycles. The summed E-state index contributed by atoms with van der Waals surface area (Å²) in [5, 5.41) is 2.65. The molecule has 0 bridgehead atoms. The average molecular weight is 511 g/mol. The lowest BCUT2D eigenvalue weighted by molar-refractivity contribution is -0.126. The van der Waals surface area contributed by atoms with E-state index in [-0.39, 0.29) is 23.2 Å². The normalized spacial score (nSPS) is 14.9. The number of thioether (sulfide) groups is 1. The molecule has 2 heterocycles. The van der Waals surface area contributed by atoms with Gasteiger partial charge in [0.15, 0.2) is 0 Å². The second-order valence-corrected chi connectivity index (χ2v) is 10.4. The Morgan fingerprint density at radius 3 is 2.41 bits per heavy atom. The van der Waals surface area contributed by atoms with Gasteiger partial charge in [0.25, 0.3) is 15.9 Å². The zero-order valence-electron chi connectivity index (χ0n) is 17.5. The minimum Gasteiger partial charge on any atom is -0.325 e. The molecule has 1 aromatic heterocycles. The van der Waals surface area contributed by atoms with Crippen molar-refractivity contribution < 1.29 is 18.0 Å². The number of hydrogen-bond donors (Lipinski definition) is 2. The van der Waals surface area contributed by atoms with E-state index in [1.165, 1.54) is 41.4 Å². The molecule has 2 aromatic carbocycles. The summed E-state index contributed by atoms with van der Waals surface area (Å²) < 4.78 is 27.7. The quantitative estimate of drug-likeness (QED) is 0.368. The zero-order valence-corrected chi connectivity index (χ0v) is 20.0. The first-order chi connectivity index (χ1) is 16.3. The summed E-state index contributed by atoms with van der Waals surface area (Å²) in [7, 11) is -3.83. The molecule has 0 aliphatic carbocycles. The third-order valence-corrected chi connectivity index (χ3v) is 7.37. The van der Waals surface area contributed by atoms with E-state index in [1.807, 2.05) is 30.3 Å². The molecule has 2 amide bonds. The molecule has 3 aromatic rings. The van der Waals surface area contributed by atoms with Crippen LogP contribution in [0.3, 0.4) is 0 Å². The first-order valence-corrected chi connectivity index (χ1v) is 12.7. The molecule has 172 valence electrons. The van der Waals surface area contributed by atoms with Crippen molar-refractivity contribution in [2.45, 2.75) is 4.90 Å². The number of nitrogens with zero attached hydrogens (tertiary/aromatic N) is 2. The first-order valence-electron chi connectivity index (χ1n) is 9.96. The number of nitrogens with one attached hydrogen (secondary N) is 2. The van der Waals surface area contributed by atoms with Gasteiger partial charge in [-0.1, -0.05) is 60.4 Å². The van der Waals surface area contributed by atoms with Crippen molar-refractivity contribution in [3.63, 3.8) is 0 Å². The summed E-state index contributed by atoms with van der Waals surface area (Å²) in [6.45, 7) is -0.252. The van der Waals surface area contributed by atoms with Crippen molar-refractivity contribution >= 4 is 67.7 Å². The molecular weight excluding hydrogens is 492 g/mol. The lowest BCUT2D eigenvalue weighted by Crippen LogP contribution is -2.36. The maximum absolute atomic E-state index is 12.7. The molecule has 4 rings (SSSR count). The lowest BCUT2D eigenvalue weighted by atomic mass is 10.2. The van der Waals surface area contributed by atoms with E-state index in [0.29, 0.717) is 14.9 Å². The number of anilines is 2. The molecule has 34 heavy (non-hydrogen) atoms. The van der Waals surface area contributed by atoms with Crippen molar-refractivity contribution in [3.05, 3.63) is 89.5 Å². The fraction of sp³-hybridized carbons (Fsp3) is 0.0435. The molecule has 1 aliphatic rings. The molecule has 2 N–H and O–H groups in total. The van der Waals surface area contributed by atoms with Crippen LogP contribution in [-0.2, 0) is 19.6 Å². The summed E-state index contributed by atoms with van der Waals surface area (Å²) in [4.78, 5) is 30.9. The van der Waals surface area contributed by atoms with Gasteiger partial charge in [-0.25, -0.2) is 13.4 Å². The fourth-order valence-electron chi connectivity index (χ4n) is 3.02. The highest BCUT2D eigenvalue weighted by Crippen LogP contribution is 2.32. The van der Waals surface area contributed by atoms with Gasteiger partial charge in [0.2, 0.25) is 5.91 Å². The maximum atomic E-state index is 12.7. The number of sulfonamides is 1. The molecule has 0 saturated carbocycles. The first kappa shape index (κ1) is 23.6. The number of thiocarbonyl (C=S) groups is 1. The number of carbonyl (C=O) groups excluding carboxylic acids is 2. The van der Waals surface area contributed by atoms with Crippen molar-refractivity contribution in [1.82, 2.24) is 9.88 Å². The molecule has 0 unspecified atom stereocenters. The highest BCUT2D eigenvalue weighted by Gasteiger charge is 2.33. The van der Waals surface area contributed by atoms with Gasteiger partial charge in [0.05, 0.1) is 9.80 Å². The summed E-state index contributed by atoms with van der Waals surface area (Å²) in [5.41, 5.74) is 1.24. The second-order valence-electron chi connectivity index (χ2n) is 7.07. The van der Waals surface area contributed by atoms with Gasteiger partial charge >= 0.3 is 0 Å². The predicted octanol–water partition coefficient (Wildman–Crippen LogP) is 3.72. The largest absolute Gasteiger partial charge is 0.325 e. The Morgan fingerprint density at radius 1 is 1.03 bits per heavy atom. The van der Waals surface area contributed by atoms with E-state index in [0.717, 1.165) is 17.3 Å². The number of aromatic nitrogens is 1. The molecule has 0 spiro atoms. The number of benzene rings is 2. The SMILES string of the molecule is O=C(CN1C(=O)C(=Cc2ccccc2)SC1=S)Nc1ccc(S(=O)(=O)Nc2ccccn2)cc1. The minimum atomic E-state index is -3.83. The van der Waals surface area contributed by atoms with E-state index in [2.05, 4.69) is 15.0 Å². The lowest BCUT2D eigenvalue weighted by Gasteiger charge is -2.14. The van der Waals surface area contributed by atoms with Crippen molar-refractivity contribution in [2.24, 2.45) is 0 Å². The van der Waals surface area contributed by atoms with Crippen LogP contribution in [0.15, 0.2) is 88.8 Å². The van der Waals surface area contributed by atoms with Crippen LogP contribution in [-0.4, -0.2) is 41.0 Å². The van der Waals surface area contributed by atoms with Gasteiger partial charge < -0.3 is 5.32 Å². The number of pyridine rings is 1. The number of carbonyl (C=O) groups is 2. The van der Waals surface area contributed by atoms with Gasteiger partial charge in [0, 0.05) is 11.9 Å². The minimum absolute atomic E-state index is 0.0131. The van der Waals surface area contributed by atoms with Gasteiger partial charge in [-0.05, 0) is 48.0 Å². The topological polar surface area (TPSA) is 108 Å². The number of amides is 2. The highest BCUT2D eigenvalue weighted by atomic mass is 32.2. The van der Waals surface area contributed by atoms with Crippen LogP contribution in [0.2, 0.25) is 0 Å². The average Bonchev–Trinajstić information content (AvgIpc) is 3.07. The van der Waals surface area contributed by atoms with Crippen molar-refractivity contribution in [3.8, 4) is 0 Å². The van der Waals surface area contributed by atoms with Gasteiger partial charge in [-0.2, -0.15) is 0 Å². The second kappa shape index (κ2) is 10.2. The van der Waals surface area contributed by atoms with Crippen LogP contribution in [0.4, 0.5) is 11.5 Å². The third-order valence-electron chi connectivity index (χ3n) is 4.62. The molecular formula is C23H18N4O4S3. The molecule has 0 radical (unpaired) electrons. The third kappa shape index (κ3) is 5.68. The van der Waals surface area contributed by atoms with E-state index in [1.54, 1.807) is 18.2 Å². The summed E-state index contributed by atoms with van der Waals surface area (Å²) in [6, 6.07) is 19.9.